The Kier molecular flexibility index (Phi) is 9.05. The maximum Gasteiger partial charge on any atom is 0.330 e. The number of anilines is 2. The summed E-state index contributed by atoms with van der Waals surface area (Å²) in [6.45, 7) is 3.82. The van der Waals surface area contributed by atoms with Crippen molar-refractivity contribution in [3.8, 4) is 0 Å². The zero-order valence-electron chi connectivity index (χ0n) is 18.1. The lowest BCUT2D eigenvalue weighted by Crippen LogP contribution is -2.43. The first-order valence-electron chi connectivity index (χ1n) is 10.5. The van der Waals surface area contributed by atoms with Crippen molar-refractivity contribution in [1.29, 1.82) is 0 Å². The quantitative estimate of drug-likeness (QED) is 0.524. The average molecular weight is 431 g/mol. The van der Waals surface area contributed by atoms with E-state index < -0.39 is 29.7 Å². The Labute approximate surface area is 180 Å². The highest BCUT2D eigenvalue weighted by atomic mass is 16.5. The fourth-order valence-electron chi connectivity index (χ4n) is 3.14. The molecule has 2 rings (SSSR count). The van der Waals surface area contributed by atoms with Crippen LogP contribution in [0.25, 0.3) is 0 Å². The van der Waals surface area contributed by atoms with E-state index >= 15 is 0 Å². The lowest BCUT2D eigenvalue weighted by Gasteiger charge is -2.24. The number of nitrogens with two attached hydrogens (primary N) is 1. The molecule has 0 radical (unpaired) electrons. The SMILES string of the molecule is CCCCN(C(=O)COC(=O)CCc1ccccc1)c1c(N)n(CCC)c(=O)[nH]c1=O. The third-order valence-electron chi connectivity index (χ3n) is 4.78. The summed E-state index contributed by atoms with van der Waals surface area (Å²) in [7, 11) is 0. The van der Waals surface area contributed by atoms with E-state index in [-0.39, 0.29) is 24.5 Å². The molecule has 0 bridgehead atoms. The Morgan fingerprint density at radius 3 is 2.48 bits per heavy atom. The first kappa shape index (κ1) is 23.9. The second-order valence-electron chi connectivity index (χ2n) is 7.19. The Bertz CT molecular complexity index is 997. The molecule has 3 N–H and O–H groups in total. The molecule has 1 heterocycles. The average Bonchev–Trinajstić information content (AvgIpc) is 2.76. The molecule has 0 saturated carbocycles. The van der Waals surface area contributed by atoms with Gasteiger partial charge in [0.25, 0.3) is 11.5 Å². The number of nitrogen functional groups attached to an aromatic ring is 1. The topological polar surface area (TPSA) is 127 Å². The minimum absolute atomic E-state index is 0.0737. The van der Waals surface area contributed by atoms with Gasteiger partial charge in [-0.05, 0) is 24.8 Å². The van der Waals surface area contributed by atoms with Crippen molar-refractivity contribution in [2.45, 2.75) is 52.5 Å². The van der Waals surface area contributed by atoms with E-state index in [1.807, 2.05) is 44.2 Å². The highest BCUT2D eigenvalue weighted by Gasteiger charge is 2.24. The van der Waals surface area contributed by atoms with Crippen LogP contribution in [0.3, 0.4) is 0 Å². The predicted octanol–water partition coefficient (Wildman–Crippen LogP) is 1.84. The largest absolute Gasteiger partial charge is 0.456 e. The molecule has 31 heavy (non-hydrogen) atoms. The Hall–Kier alpha value is -3.36. The first-order chi connectivity index (χ1) is 14.9. The van der Waals surface area contributed by atoms with Gasteiger partial charge in [-0.3, -0.25) is 23.9 Å². The van der Waals surface area contributed by atoms with Crippen LogP contribution in [-0.2, 0) is 27.3 Å². The fraction of sp³-hybridized carbons (Fsp3) is 0.455. The maximum atomic E-state index is 12.8. The summed E-state index contributed by atoms with van der Waals surface area (Å²) in [5, 5.41) is 0. The Morgan fingerprint density at radius 2 is 1.84 bits per heavy atom. The van der Waals surface area contributed by atoms with E-state index in [0.717, 1.165) is 12.0 Å². The summed E-state index contributed by atoms with van der Waals surface area (Å²) in [5.74, 6) is -1.15. The molecule has 9 heteroatoms. The summed E-state index contributed by atoms with van der Waals surface area (Å²) in [6.07, 6.45) is 2.64. The van der Waals surface area contributed by atoms with Gasteiger partial charge in [-0.1, -0.05) is 50.6 Å². The third-order valence-corrected chi connectivity index (χ3v) is 4.78. The minimum Gasteiger partial charge on any atom is -0.456 e. The van der Waals surface area contributed by atoms with E-state index in [0.29, 0.717) is 25.8 Å². The van der Waals surface area contributed by atoms with Crippen molar-refractivity contribution in [2.24, 2.45) is 0 Å². The number of aryl methyl sites for hydroxylation is 1. The van der Waals surface area contributed by atoms with Crippen LogP contribution in [0, 0.1) is 0 Å². The van der Waals surface area contributed by atoms with E-state index in [1.165, 1.54) is 9.47 Å². The number of hydrogen-bond acceptors (Lipinski definition) is 6. The smallest absolute Gasteiger partial charge is 0.330 e. The van der Waals surface area contributed by atoms with Gasteiger partial charge in [0.1, 0.15) is 5.82 Å². The van der Waals surface area contributed by atoms with Crippen LogP contribution in [-0.4, -0.2) is 34.6 Å². The molecule has 0 aliphatic carbocycles. The summed E-state index contributed by atoms with van der Waals surface area (Å²) >= 11 is 0. The van der Waals surface area contributed by atoms with Gasteiger partial charge in [0.2, 0.25) is 0 Å². The number of unbranched alkanes of at least 4 members (excludes halogenated alkanes) is 1. The lowest BCUT2D eigenvalue weighted by molar-refractivity contribution is -0.147. The monoisotopic (exact) mass is 430 g/mol. The molecule has 168 valence electrons. The van der Waals surface area contributed by atoms with Crippen molar-refractivity contribution in [3.63, 3.8) is 0 Å². The summed E-state index contributed by atoms with van der Waals surface area (Å²) in [5.41, 5.74) is 5.63. The number of rotatable bonds is 11. The number of H-pyrrole nitrogens is 1. The Balaban J connectivity index is 2.14. The maximum absolute atomic E-state index is 12.8. The first-order valence-corrected chi connectivity index (χ1v) is 10.5. The van der Waals surface area contributed by atoms with Gasteiger partial charge in [-0.15, -0.1) is 0 Å². The second kappa shape index (κ2) is 11.7. The van der Waals surface area contributed by atoms with Gasteiger partial charge in [0, 0.05) is 19.5 Å². The molecule has 9 nitrogen and oxygen atoms in total. The van der Waals surface area contributed by atoms with Gasteiger partial charge in [0.15, 0.2) is 12.3 Å². The van der Waals surface area contributed by atoms with Crippen LogP contribution in [0.5, 0.6) is 0 Å². The number of ether oxygens (including phenoxy) is 1. The normalized spacial score (nSPS) is 10.6. The van der Waals surface area contributed by atoms with Crippen LogP contribution in [0.15, 0.2) is 39.9 Å². The van der Waals surface area contributed by atoms with E-state index in [2.05, 4.69) is 4.98 Å². The fourth-order valence-corrected chi connectivity index (χ4v) is 3.14. The number of benzene rings is 1. The summed E-state index contributed by atoms with van der Waals surface area (Å²) < 4.78 is 6.37. The molecule has 1 aromatic heterocycles. The van der Waals surface area contributed by atoms with Crippen LogP contribution >= 0.6 is 0 Å². The predicted molar refractivity (Wildman–Crippen MR) is 119 cm³/mol. The number of aromatic amines is 1. The van der Waals surface area contributed by atoms with Crippen molar-refractivity contribution < 1.29 is 14.3 Å². The van der Waals surface area contributed by atoms with Gasteiger partial charge >= 0.3 is 11.7 Å². The van der Waals surface area contributed by atoms with Crippen molar-refractivity contribution in [3.05, 3.63) is 56.7 Å². The highest BCUT2D eigenvalue weighted by molar-refractivity contribution is 5.97. The van der Waals surface area contributed by atoms with Crippen LogP contribution in [0.2, 0.25) is 0 Å². The number of nitrogens with zero attached hydrogens (tertiary/aromatic N) is 2. The number of hydrogen-bond donors (Lipinski definition) is 2. The van der Waals surface area contributed by atoms with Crippen molar-refractivity contribution in [1.82, 2.24) is 9.55 Å². The molecule has 1 amide bonds. The molecule has 0 fully saturated rings. The number of carbonyl (C=O) groups is 2. The zero-order chi connectivity index (χ0) is 22.8. The van der Waals surface area contributed by atoms with E-state index in [1.54, 1.807) is 0 Å². The summed E-state index contributed by atoms with van der Waals surface area (Å²) in [4.78, 5) is 52.9. The number of aromatic nitrogens is 2. The number of carbonyl (C=O) groups excluding carboxylic acids is 2. The number of esters is 1. The van der Waals surface area contributed by atoms with Gasteiger partial charge < -0.3 is 15.4 Å². The molecule has 0 atom stereocenters. The lowest BCUT2D eigenvalue weighted by atomic mass is 10.1. The molecule has 1 aromatic carbocycles. The van der Waals surface area contributed by atoms with Crippen LogP contribution in [0.4, 0.5) is 11.5 Å². The van der Waals surface area contributed by atoms with Gasteiger partial charge in [0.05, 0.1) is 0 Å². The number of nitrogens with one attached hydrogen (secondary N) is 1. The molecule has 2 aromatic rings. The molecular weight excluding hydrogens is 400 g/mol. The Morgan fingerprint density at radius 1 is 1.13 bits per heavy atom. The molecule has 0 saturated heterocycles. The van der Waals surface area contributed by atoms with Crippen molar-refractivity contribution >= 4 is 23.4 Å². The molecule has 0 unspecified atom stereocenters. The van der Waals surface area contributed by atoms with Gasteiger partial charge in [-0.2, -0.15) is 0 Å². The number of amides is 1. The van der Waals surface area contributed by atoms with Crippen LogP contribution < -0.4 is 21.9 Å². The molecule has 0 aliphatic heterocycles. The zero-order valence-corrected chi connectivity index (χ0v) is 18.1. The highest BCUT2D eigenvalue weighted by Crippen LogP contribution is 2.18. The van der Waals surface area contributed by atoms with E-state index in [4.69, 9.17) is 10.5 Å². The van der Waals surface area contributed by atoms with Gasteiger partial charge in [-0.25, -0.2) is 4.79 Å². The molecule has 0 spiro atoms. The van der Waals surface area contributed by atoms with Crippen molar-refractivity contribution in [2.75, 3.05) is 23.8 Å². The molecule has 0 aliphatic rings. The standard InChI is InChI=1S/C22H30N4O5/c1-3-5-14-25(19-20(23)26(13-4-2)22(30)24-21(19)29)17(27)15-31-18(28)12-11-16-9-7-6-8-10-16/h6-10H,3-5,11-15,23H2,1-2H3,(H,24,29,30). The van der Waals surface area contributed by atoms with Crippen LogP contribution in [0.1, 0.15) is 45.1 Å². The summed E-state index contributed by atoms with van der Waals surface area (Å²) in [6, 6.07) is 9.48. The molecular formula is C22H30N4O5. The minimum atomic E-state index is -0.741. The van der Waals surface area contributed by atoms with E-state index in [9.17, 15) is 19.2 Å². The third kappa shape index (κ3) is 6.56. The second-order valence-corrected chi connectivity index (χ2v) is 7.19.